The molecule has 3 heterocycles. The molecule has 8 nitrogen and oxygen atoms in total. The predicted octanol–water partition coefficient (Wildman–Crippen LogP) is 4.27. The largest absolute Gasteiger partial charge is 0.365 e. The lowest BCUT2D eigenvalue weighted by Gasteiger charge is -2.31. The van der Waals surface area contributed by atoms with Crippen LogP contribution in [0.5, 0.6) is 0 Å². The summed E-state index contributed by atoms with van der Waals surface area (Å²) < 4.78 is 14.3. The molecule has 10 heteroatoms. The van der Waals surface area contributed by atoms with Crippen molar-refractivity contribution in [3.63, 3.8) is 0 Å². The van der Waals surface area contributed by atoms with Gasteiger partial charge in [0.2, 0.25) is 11.6 Å². The molecule has 0 bridgehead atoms. The highest BCUT2D eigenvalue weighted by Crippen LogP contribution is 2.33. The Kier molecular flexibility index (Phi) is 6.14. The second kappa shape index (κ2) is 9.16. The molecule has 0 radical (unpaired) electrons. The number of amides is 1. The molecule has 2 aromatic heterocycles. The van der Waals surface area contributed by atoms with Crippen LogP contribution < -0.4 is 15.5 Å². The highest BCUT2D eigenvalue weighted by Gasteiger charge is 2.22. The maximum atomic E-state index is 14.3. The molecule has 1 aliphatic rings. The molecule has 2 N–H and O–H groups in total. The van der Waals surface area contributed by atoms with E-state index in [1.807, 2.05) is 6.07 Å². The summed E-state index contributed by atoms with van der Waals surface area (Å²) in [6, 6.07) is 8.29. The fraction of sp³-hybridized carbons (Fsp3) is 0.227. The summed E-state index contributed by atoms with van der Waals surface area (Å²) in [6.45, 7) is 10.5. The standard InChI is InChI=1S/C22H19ClFN7O/c1-3-26-22(32)15-5-7-19(29-20(15)24)30-21-14-8-9-31(11-18(14)27-12-28-21)13-4-6-17(25-2)16(23)10-13/h4-7,10,12H,3,8-9,11H2,1H3,(H,26,32)(H,27,28,29,30). The number of hydrogen-bond acceptors (Lipinski definition) is 6. The molecule has 0 spiro atoms. The first-order chi connectivity index (χ1) is 15.5. The number of carbonyl (C=O) groups excluding carboxylic acids is 1. The topological polar surface area (TPSA) is 87.4 Å². The van der Waals surface area contributed by atoms with Crippen molar-refractivity contribution in [2.24, 2.45) is 0 Å². The van der Waals surface area contributed by atoms with Crippen molar-refractivity contribution in [2.75, 3.05) is 23.3 Å². The molecular formula is C22H19ClFN7O. The van der Waals surface area contributed by atoms with Gasteiger partial charge in [-0.1, -0.05) is 17.7 Å². The minimum Gasteiger partial charge on any atom is -0.365 e. The van der Waals surface area contributed by atoms with E-state index in [9.17, 15) is 9.18 Å². The Hall–Kier alpha value is -3.77. The van der Waals surface area contributed by atoms with Gasteiger partial charge >= 0.3 is 0 Å². The summed E-state index contributed by atoms with van der Waals surface area (Å²) in [5.41, 5.74) is 2.97. The maximum absolute atomic E-state index is 14.3. The Bertz CT molecular complexity index is 1230. The quantitative estimate of drug-likeness (QED) is 0.445. The number of nitrogens with zero attached hydrogens (tertiary/aromatic N) is 5. The Labute approximate surface area is 189 Å². The van der Waals surface area contributed by atoms with Crippen molar-refractivity contribution in [3.05, 3.63) is 75.9 Å². The van der Waals surface area contributed by atoms with Crippen LogP contribution in [0.4, 0.5) is 27.4 Å². The summed E-state index contributed by atoms with van der Waals surface area (Å²) in [7, 11) is 0. The summed E-state index contributed by atoms with van der Waals surface area (Å²) in [6.07, 6.45) is 2.10. The van der Waals surface area contributed by atoms with Crippen LogP contribution in [0.15, 0.2) is 36.7 Å². The summed E-state index contributed by atoms with van der Waals surface area (Å²) in [4.78, 5) is 30.0. The molecule has 0 saturated carbocycles. The van der Waals surface area contributed by atoms with Gasteiger partial charge in [-0.05, 0) is 37.6 Å². The van der Waals surface area contributed by atoms with E-state index in [2.05, 4.69) is 35.3 Å². The number of carbonyl (C=O) groups is 1. The highest BCUT2D eigenvalue weighted by atomic mass is 35.5. The molecule has 32 heavy (non-hydrogen) atoms. The van der Waals surface area contributed by atoms with Gasteiger partial charge in [-0.25, -0.2) is 19.8 Å². The average Bonchev–Trinajstić information content (AvgIpc) is 2.79. The highest BCUT2D eigenvalue weighted by molar-refractivity contribution is 6.33. The molecule has 1 aromatic carbocycles. The smallest absolute Gasteiger partial charge is 0.255 e. The lowest BCUT2D eigenvalue weighted by Crippen LogP contribution is -2.31. The molecule has 1 amide bonds. The van der Waals surface area contributed by atoms with Crippen LogP contribution in [0.25, 0.3) is 4.85 Å². The van der Waals surface area contributed by atoms with Crippen LogP contribution in [-0.2, 0) is 13.0 Å². The Morgan fingerprint density at radius 3 is 2.88 bits per heavy atom. The fourth-order valence-electron chi connectivity index (χ4n) is 3.52. The number of anilines is 3. The number of benzene rings is 1. The molecule has 162 valence electrons. The van der Waals surface area contributed by atoms with Gasteiger partial charge in [-0.2, -0.15) is 4.39 Å². The van der Waals surface area contributed by atoms with Crippen molar-refractivity contribution >= 4 is 40.5 Å². The molecule has 3 aromatic rings. The second-order valence-electron chi connectivity index (χ2n) is 7.09. The zero-order chi connectivity index (χ0) is 22.7. The van der Waals surface area contributed by atoms with E-state index in [1.54, 1.807) is 19.1 Å². The van der Waals surface area contributed by atoms with Gasteiger partial charge in [0.15, 0.2) is 0 Å². The third kappa shape index (κ3) is 4.31. The third-order valence-electron chi connectivity index (χ3n) is 5.10. The van der Waals surface area contributed by atoms with Gasteiger partial charge in [0, 0.05) is 29.4 Å². The number of hydrogen-bond donors (Lipinski definition) is 2. The van der Waals surface area contributed by atoms with Gasteiger partial charge in [0.05, 0.1) is 24.4 Å². The van der Waals surface area contributed by atoms with Crippen LogP contribution in [-0.4, -0.2) is 33.9 Å². The van der Waals surface area contributed by atoms with Crippen molar-refractivity contribution in [1.82, 2.24) is 20.3 Å². The molecule has 1 aliphatic heterocycles. The Morgan fingerprint density at radius 2 is 2.16 bits per heavy atom. The number of fused-ring (bicyclic) bond motifs is 1. The van der Waals surface area contributed by atoms with Crippen LogP contribution in [0.2, 0.25) is 5.02 Å². The number of aromatic nitrogens is 3. The van der Waals surface area contributed by atoms with Gasteiger partial charge in [-0.15, -0.1) is 0 Å². The van der Waals surface area contributed by atoms with E-state index in [0.717, 1.165) is 16.9 Å². The zero-order valence-corrected chi connectivity index (χ0v) is 17.9. The molecule has 0 saturated heterocycles. The van der Waals surface area contributed by atoms with Gasteiger partial charge < -0.3 is 15.5 Å². The van der Waals surface area contributed by atoms with E-state index in [0.29, 0.717) is 42.6 Å². The lowest BCUT2D eigenvalue weighted by molar-refractivity contribution is 0.0951. The SMILES string of the molecule is [C-]#[N+]c1ccc(N2CCc3c(ncnc3Nc3ccc(C(=O)NCC)c(F)n3)C2)cc1Cl. The van der Waals surface area contributed by atoms with E-state index in [4.69, 9.17) is 18.2 Å². The minimum absolute atomic E-state index is 0.111. The maximum Gasteiger partial charge on any atom is 0.255 e. The average molecular weight is 452 g/mol. The molecule has 0 aliphatic carbocycles. The van der Waals surface area contributed by atoms with Crippen LogP contribution in [0.3, 0.4) is 0 Å². The van der Waals surface area contributed by atoms with Gasteiger partial charge in [0.1, 0.15) is 18.0 Å². The Morgan fingerprint density at radius 1 is 1.31 bits per heavy atom. The van der Waals surface area contributed by atoms with E-state index < -0.39 is 11.9 Å². The molecule has 0 unspecified atom stereocenters. The number of pyridine rings is 1. The number of halogens is 2. The minimum atomic E-state index is -0.852. The lowest BCUT2D eigenvalue weighted by atomic mass is 10.0. The summed E-state index contributed by atoms with van der Waals surface area (Å²) >= 11 is 6.19. The second-order valence-corrected chi connectivity index (χ2v) is 7.49. The van der Waals surface area contributed by atoms with E-state index >= 15 is 0 Å². The van der Waals surface area contributed by atoms with Crippen molar-refractivity contribution in [3.8, 4) is 0 Å². The number of rotatable bonds is 5. The predicted molar refractivity (Wildman–Crippen MR) is 120 cm³/mol. The normalized spacial score (nSPS) is 12.6. The van der Waals surface area contributed by atoms with Crippen molar-refractivity contribution in [2.45, 2.75) is 19.9 Å². The zero-order valence-electron chi connectivity index (χ0n) is 17.2. The van der Waals surface area contributed by atoms with E-state index in [-0.39, 0.29) is 11.4 Å². The van der Waals surface area contributed by atoms with E-state index in [1.165, 1.54) is 18.5 Å². The first-order valence-corrected chi connectivity index (χ1v) is 10.3. The molecule has 4 rings (SSSR count). The van der Waals surface area contributed by atoms with Crippen LogP contribution >= 0.6 is 11.6 Å². The monoisotopic (exact) mass is 451 g/mol. The molecule has 0 atom stereocenters. The van der Waals surface area contributed by atoms with Crippen LogP contribution in [0, 0.1) is 12.5 Å². The first-order valence-electron chi connectivity index (χ1n) is 9.96. The first kappa shape index (κ1) is 21.5. The van der Waals surface area contributed by atoms with Gasteiger partial charge in [-0.3, -0.25) is 4.79 Å². The summed E-state index contributed by atoms with van der Waals surface area (Å²) in [5.74, 6) is -0.558. The third-order valence-corrected chi connectivity index (χ3v) is 5.40. The van der Waals surface area contributed by atoms with Gasteiger partial charge in [0.25, 0.3) is 5.91 Å². The van der Waals surface area contributed by atoms with Crippen LogP contribution in [0.1, 0.15) is 28.5 Å². The van der Waals surface area contributed by atoms with Crippen molar-refractivity contribution in [1.29, 1.82) is 0 Å². The van der Waals surface area contributed by atoms with Crippen molar-refractivity contribution < 1.29 is 9.18 Å². The molecular weight excluding hydrogens is 433 g/mol. The fourth-order valence-corrected chi connectivity index (χ4v) is 3.73. The molecule has 0 fully saturated rings. The summed E-state index contributed by atoms with van der Waals surface area (Å²) in [5, 5.41) is 6.01. The number of nitrogens with one attached hydrogen (secondary N) is 2. The Balaban J connectivity index is 1.54.